The maximum atomic E-state index is 12.6. The van der Waals surface area contributed by atoms with Crippen molar-refractivity contribution in [2.75, 3.05) is 19.6 Å². The maximum Gasteiger partial charge on any atom is 0.166 e. The highest BCUT2D eigenvalue weighted by atomic mass is 16.1. The molecule has 0 radical (unpaired) electrons. The zero-order valence-corrected chi connectivity index (χ0v) is 14.0. The molecule has 1 fully saturated rings. The molecule has 5 heteroatoms. The molecule has 0 atom stereocenters. The normalized spacial score (nSPS) is 16.0. The second kappa shape index (κ2) is 7.41. The quantitative estimate of drug-likeness (QED) is 0.794. The van der Waals surface area contributed by atoms with E-state index in [9.17, 15) is 4.79 Å². The van der Waals surface area contributed by atoms with Crippen molar-refractivity contribution in [2.24, 2.45) is 5.92 Å². The average molecular weight is 322 g/mol. The molecule has 5 nitrogen and oxygen atoms in total. The van der Waals surface area contributed by atoms with Crippen LogP contribution in [0, 0.1) is 24.2 Å². The second-order valence-electron chi connectivity index (χ2n) is 6.45. The van der Waals surface area contributed by atoms with Crippen LogP contribution in [0.1, 0.15) is 34.3 Å². The lowest BCUT2D eigenvalue weighted by atomic mass is 9.88. The molecule has 2 heterocycles. The first-order valence-electron chi connectivity index (χ1n) is 8.41. The van der Waals surface area contributed by atoms with E-state index in [-0.39, 0.29) is 11.7 Å². The third-order valence-electron chi connectivity index (χ3n) is 4.70. The van der Waals surface area contributed by atoms with Crippen molar-refractivity contribution in [2.45, 2.75) is 26.3 Å². The van der Waals surface area contributed by atoms with Crippen LogP contribution in [0.15, 0.2) is 36.7 Å². The molecule has 1 saturated heterocycles. The molecule has 0 unspecified atom stereocenters. The fourth-order valence-electron chi connectivity index (χ4n) is 3.16. The van der Waals surface area contributed by atoms with E-state index < -0.39 is 0 Å². The molecule has 1 aliphatic rings. The molecule has 1 aromatic heterocycles. The molecule has 124 valence electrons. The summed E-state index contributed by atoms with van der Waals surface area (Å²) < 4.78 is 1.81. The third-order valence-corrected chi connectivity index (χ3v) is 4.70. The number of Topliss-reactive ketones (excluding diaryl/α,β-unsaturated/α-hetero) is 1. The first-order valence-corrected chi connectivity index (χ1v) is 8.41. The standard InChI is InChI=1S/C19H22N4O/c1-15-2-4-17(5-3-15)19(24)18-6-8-22(9-7-18)10-11-23-14-16(12-20)13-21-23/h2-5,13-14,18H,6-11H2,1H3. The van der Waals surface area contributed by atoms with Gasteiger partial charge in [0.2, 0.25) is 0 Å². The van der Waals surface area contributed by atoms with Crippen LogP contribution in [-0.2, 0) is 6.54 Å². The predicted molar refractivity (Wildman–Crippen MR) is 91.6 cm³/mol. The van der Waals surface area contributed by atoms with Gasteiger partial charge in [-0.05, 0) is 32.9 Å². The molecule has 3 rings (SSSR count). The van der Waals surface area contributed by atoms with Crippen LogP contribution in [0.25, 0.3) is 0 Å². The minimum Gasteiger partial charge on any atom is -0.301 e. The molecule has 1 aliphatic heterocycles. The number of carbonyl (C=O) groups excluding carboxylic acids is 1. The van der Waals surface area contributed by atoms with Crippen molar-refractivity contribution < 1.29 is 4.79 Å². The van der Waals surface area contributed by atoms with E-state index in [1.807, 2.05) is 35.9 Å². The molecular formula is C19H22N4O. The second-order valence-corrected chi connectivity index (χ2v) is 6.45. The largest absolute Gasteiger partial charge is 0.301 e. The van der Waals surface area contributed by atoms with Gasteiger partial charge >= 0.3 is 0 Å². The van der Waals surface area contributed by atoms with Crippen LogP contribution < -0.4 is 0 Å². The molecule has 0 saturated carbocycles. The van der Waals surface area contributed by atoms with Crippen LogP contribution in [0.3, 0.4) is 0 Å². The summed E-state index contributed by atoms with van der Waals surface area (Å²) in [5, 5.41) is 13.0. The van der Waals surface area contributed by atoms with Crippen molar-refractivity contribution in [3.63, 3.8) is 0 Å². The summed E-state index contributed by atoms with van der Waals surface area (Å²) in [5.41, 5.74) is 2.61. The van der Waals surface area contributed by atoms with Crippen LogP contribution in [-0.4, -0.2) is 40.1 Å². The minimum atomic E-state index is 0.138. The number of aryl methyl sites for hydroxylation is 1. The lowest BCUT2D eigenvalue weighted by molar-refractivity contribution is 0.0836. The van der Waals surface area contributed by atoms with Crippen molar-refractivity contribution in [3.05, 3.63) is 53.3 Å². The Balaban J connectivity index is 1.47. The Labute approximate surface area is 142 Å². The molecule has 1 aromatic carbocycles. The number of hydrogen-bond donors (Lipinski definition) is 0. The van der Waals surface area contributed by atoms with Crippen LogP contribution in [0.4, 0.5) is 0 Å². The Morgan fingerprint density at radius 1 is 1.25 bits per heavy atom. The van der Waals surface area contributed by atoms with E-state index in [0.29, 0.717) is 5.56 Å². The van der Waals surface area contributed by atoms with Gasteiger partial charge in [-0.15, -0.1) is 0 Å². The highest BCUT2D eigenvalue weighted by Gasteiger charge is 2.25. The van der Waals surface area contributed by atoms with Gasteiger partial charge in [-0.25, -0.2) is 0 Å². The lowest BCUT2D eigenvalue weighted by Gasteiger charge is -2.31. The Morgan fingerprint density at radius 2 is 1.96 bits per heavy atom. The molecule has 0 aliphatic carbocycles. The van der Waals surface area contributed by atoms with Gasteiger partial charge in [0.1, 0.15) is 6.07 Å². The number of likely N-dealkylation sites (tertiary alicyclic amines) is 1. The summed E-state index contributed by atoms with van der Waals surface area (Å²) in [6.45, 7) is 5.59. The van der Waals surface area contributed by atoms with Gasteiger partial charge < -0.3 is 4.90 Å². The molecular weight excluding hydrogens is 300 g/mol. The van der Waals surface area contributed by atoms with Gasteiger partial charge in [-0.2, -0.15) is 10.4 Å². The van der Waals surface area contributed by atoms with E-state index in [1.165, 1.54) is 5.56 Å². The van der Waals surface area contributed by atoms with Crippen LogP contribution >= 0.6 is 0 Å². The van der Waals surface area contributed by atoms with Gasteiger partial charge in [-0.1, -0.05) is 29.8 Å². The highest BCUT2D eigenvalue weighted by molar-refractivity contribution is 5.97. The number of nitrogens with zero attached hydrogens (tertiary/aromatic N) is 4. The maximum absolute atomic E-state index is 12.6. The van der Waals surface area contributed by atoms with Gasteiger partial charge in [0.15, 0.2) is 5.78 Å². The average Bonchev–Trinajstić information content (AvgIpc) is 3.09. The minimum absolute atomic E-state index is 0.138. The molecule has 0 amide bonds. The van der Waals surface area contributed by atoms with Gasteiger partial charge in [-0.3, -0.25) is 9.48 Å². The molecule has 0 N–H and O–H groups in total. The zero-order chi connectivity index (χ0) is 16.9. The van der Waals surface area contributed by atoms with Crippen molar-refractivity contribution in [3.8, 4) is 6.07 Å². The summed E-state index contributed by atoms with van der Waals surface area (Å²) in [5.74, 6) is 0.416. The SMILES string of the molecule is Cc1ccc(C(=O)C2CCN(CCn3cc(C#N)cn3)CC2)cc1. The highest BCUT2D eigenvalue weighted by Crippen LogP contribution is 2.22. The Kier molecular flexibility index (Phi) is 5.07. The van der Waals surface area contributed by atoms with Crippen LogP contribution in [0.2, 0.25) is 0 Å². The number of ketones is 1. The number of rotatable bonds is 5. The number of benzene rings is 1. The molecule has 0 spiro atoms. The van der Waals surface area contributed by atoms with E-state index >= 15 is 0 Å². The van der Waals surface area contributed by atoms with E-state index in [4.69, 9.17) is 5.26 Å². The van der Waals surface area contributed by atoms with Crippen molar-refractivity contribution >= 4 is 5.78 Å². The fraction of sp³-hybridized carbons (Fsp3) is 0.421. The number of piperidine rings is 1. The summed E-state index contributed by atoms with van der Waals surface area (Å²) in [4.78, 5) is 14.9. The van der Waals surface area contributed by atoms with Crippen LogP contribution in [0.5, 0.6) is 0 Å². The Morgan fingerprint density at radius 3 is 2.58 bits per heavy atom. The zero-order valence-electron chi connectivity index (χ0n) is 14.0. The van der Waals surface area contributed by atoms with E-state index in [0.717, 1.165) is 44.6 Å². The topological polar surface area (TPSA) is 61.9 Å². The lowest BCUT2D eigenvalue weighted by Crippen LogP contribution is -2.38. The summed E-state index contributed by atoms with van der Waals surface area (Å²) in [6, 6.07) is 9.97. The van der Waals surface area contributed by atoms with Gasteiger partial charge in [0.05, 0.1) is 18.3 Å². The smallest absolute Gasteiger partial charge is 0.166 e. The Bertz CT molecular complexity index is 733. The van der Waals surface area contributed by atoms with Crippen molar-refractivity contribution in [1.82, 2.24) is 14.7 Å². The summed E-state index contributed by atoms with van der Waals surface area (Å²) in [7, 11) is 0. The van der Waals surface area contributed by atoms with E-state index in [1.54, 1.807) is 12.4 Å². The number of nitriles is 1. The first-order chi connectivity index (χ1) is 11.7. The Hall–Kier alpha value is -2.45. The van der Waals surface area contributed by atoms with Gasteiger partial charge in [0.25, 0.3) is 0 Å². The summed E-state index contributed by atoms with van der Waals surface area (Å²) >= 11 is 0. The fourth-order valence-corrected chi connectivity index (χ4v) is 3.16. The molecule has 2 aromatic rings. The number of aromatic nitrogens is 2. The predicted octanol–water partition coefficient (Wildman–Crippen LogP) is 2.66. The summed E-state index contributed by atoms with van der Waals surface area (Å²) in [6.07, 6.45) is 5.19. The third kappa shape index (κ3) is 3.90. The molecule has 0 bridgehead atoms. The first kappa shape index (κ1) is 16.4. The van der Waals surface area contributed by atoms with E-state index in [2.05, 4.69) is 16.1 Å². The number of hydrogen-bond acceptors (Lipinski definition) is 4. The monoisotopic (exact) mass is 322 g/mol. The molecule has 24 heavy (non-hydrogen) atoms. The van der Waals surface area contributed by atoms with Gasteiger partial charge in [0, 0.05) is 24.2 Å². The van der Waals surface area contributed by atoms with Crippen molar-refractivity contribution in [1.29, 1.82) is 5.26 Å². The number of carbonyl (C=O) groups is 1.